The summed E-state index contributed by atoms with van der Waals surface area (Å²) in [6, 6.07) is 15.5. The first kappa shape index (κ1) is 16.9. The number of pyridine rings is 3. The number of hydrogen-bond donors (Lipinski definition) is 1. The third kappa shape index (κ3) is 3.18. The Morgan fingerprint density at radius 2 is 1.78 bits per heavy atom. The zero-order valence-electron chi connectivity index (χ0n) is 14.0. The fourth-order valence-electron chi connectivity index (χ4n) is 2.76. The molecule has 0 aliphatic rings. The molecule has 4 aromatic rings. The van der Waals surface area contributed by atoms with Crippen LogP contribution in [0.1, 0.15) is 5.56 Å². The maximum absolute atomic E-state index is 12.9. The first-order valence-electron chi connectivity index (χ1n) is 8.09. The number of rotatable bonds is 3. The van der Waals surface area contributed by atoms with Gasteiger partial charge in [0.25, 0.3) is 5.56 Å². The molecule has 7 heteroatoms. The molecule has 0 unspecified atom stereocenters. The second-order valence-electron chi connectivity index (χ2n) is 5.70. The van der Waals surface area contributed by atoms with Crippen LogP contribution in [0.4, 0.5) is 5.82 Å². The van der Waals surface area contributed by atoms with E-state index in [9.17, 15) is 9.90 Å². The molecule has 3 aromatic heterocycles. The van der Waals surface area contributed by atoms with E-state index in [1.165, 1.54) is 17.0 Å². The maximum atomic E-state index is 12.9. The number of aromatic nitrogens is 3. The topological polar surface area (TPSA) is 80.4 Å². The van der Waals surface area contributed by atoms with Crippen LogP contribution in [0.2, 0.25) is 5.02 Å². The van der Waals surface area contributed by atoms with E-state index in [4.69, 9.17) is 11.6 Å². The highest BCUT2D eigenvalue weighted by Crippen LogP contribution is 2.25. The summed E-state index contributed by atoms with van der Waals surface area (Å²) in [5.74, 6) is 0.513. The SMILES string of the molecule is O=c1c2ccccc2c(C=Nc2ccc(Cl)cn2)c(O)n1-c1ccccn1. The molecule has 27 heavy (non-hydrogen) atoms. The van der Waals surface area contributed by atoms with Crippen molar-refractivity contribution < 1.29 is 5.11 Å². The van der Waals surface area contributed by atoms with Crippen molar-refractivity contribution >= 4 is 34.4 Å². The summed E-state index contributed by atoms with van der Waals surface area (Å²) >= 11 is 5.84. The molecule has 132 valence electrons. The monoisotopic (exact) mass is 376 g/mol. The van der Waals surface area contributed by atoms with Crippen LogP contribution in [0.25, 0.3) is 16.6 Å². The second kappa shape index (κ2) is 7.01. The Labute approximate surface area is 159 Å². The quantitative estimate of drug-likeness (QED) is 0.550. The third-order valence-electron chi connectivity index (χ3n) is 4.02. The largest absolute Gasteiger partial charge is 0.494 e. The smallest absolute Gasteiger partial charge is 0.267 e. The van der Waals surface area contributed by atoms with Crippen LogP contribution in [0.3, 0.4) is 0 Å². The zero-order chi connectivity index (χ0) is 18.8. The van der Waals surface area contributed by atoms with Crippen molar-refractivity contribution in [3.05, 3.63) is 87.9 Å². The highest BCUT2D eigenvalue weighted by atomic mass is 35.5. The predicted octanol–water partition coefficient (Wildman–Crippen LogP) is 3.89. The minimum atomic E-state index is -0.358. The van der Waals surface area contributed by atoms with Crippen molar-refractivity contribution in [1.29, 1.82) is 0 Å². The van der Waals surface area contributed by atoms with E-state index in [2.05, 4.69) is 15.0 Å². The molecule has 0 aliphatic heterocycles. The average Bonchev–Trinajstić information content (AvgIpc) is 2.70. The van der Waals surface area contributed by atoms with Crippen molar-refractivity contribution in [1.82, 2.24) is 14.5 Å². The molecule has 3 heterocycles. The van der Waals surface area contributed by atoms with Gasteiger partial charge in [-0.2, -0.15) is 0 Å². The second-order valence-corrected chi connectivity index (χ2v) is 6.14. The van der Waals surface area contributed by atoms with E-state index in [0.717, 1.165) is 0 Å². The number of hydrogen-bond acceptors (Lipinski definition) is 5. The Kier molecular flexibility index (Phi) is 4.40. The first-order chi connectivity index (χ1) is 13.1. The first-order valence-corrected chi connectivity index (χ1v) is 8.46. The van der Waals surface area contributed by atoms with Crippen molar-refractivity contribution in [2.45, 2.75) is 0 Å². The van der Waals surface area contributed by atoms with Gasteiger partial charge in [-0.1, -0.05) is 35.9 Å². The Hall–Kier alpha value is -3.51. The molecule has 0 spiro atoms. The van der Waals surface area contributed by atoms with Gasteiger partial charge in [-0.25, -0.2) is 19.5 Å². The fraction of sp³-hybridized carbons (Fsp3) is 0. The highest BCUT2D eigenvalue weighted by molar-refractivity contribution is 6.30. The van der Waals surface area contributed by atoms with Crippen LogP contribution in [0.5, 0.6) is 5.88 Å². The Morgan fingerprint density at radius 3 is 2.48 bits per heavy atom. The van der Waals surface area contributed by atoms with E-state index in [0.29, 0.717) is 33.0 Å². The van der Waals surface area contributed by atoms with Gasteiger partial charge in [-0.3, -0.25) is 4.79 Å². The van der Waals surface area contributed by atoms with Crippen LogP contribution in [0.15, 0.2) is 76.8 Å². The summed E-state index contributed by atoms with van der Waals surface area (Å²) in [5, 5.41) is 12.4. The molecular weight excluding hydrogens is 364 g/mol. The zero-order valence-corrected chi connectivity index (χ0v) is 14.7. The lowest BCUT2D eigenvalue weighted by Crippen LogP contribution is -2.20. The summed E-state index contributed by atoms with van der Waals surface area (Å²) in [6.07, 6.45) is 4.52. The van der Waals surface area contributed by atoms with Gasteiger partial charge in [0.1, 0.15) is 5.82 Å². The van der Waals surface area contributed by atoms with Crippen LogP contribution in [-0.4, -0.2) is 25.9 Å². The number of aliphatic imine (C=N–C) groups is 1. The minimum absolute atomic E-state index is 0.241. The number of aromatic hydroxyl groups is 1. The molecular formula is C20H13ClN4O2. The molecule has 0 fully saturated rings. The number of nitrogens with zero attached hydrogens (tertiary/aromatic N) is 4. The van der Waals surface area contributed by atoms with E-state index < -0.39 is 0 Å². The maximum Gasteiger partial charge on any atom is 0.267 e. The Bertz CT molecular complexity index is 1200. The molecule has 0 atom stereocenters. The van der Waals surface area contributed by atoms with Gasteiger partial charge in [0.2, 0.25) is 5.88 Å². The Morgan fingerprint density at radius 1 is 1.00 bits per heavy atom. The normalized spacial score (nSPS) is 11.3. The molecule has 0 saturated heterocycles. The molecule has 0 radical (unpaired) electrons. The lowest BCUT2D eigenvalue weighted by Gasteiger charge is -2.12. The van der Waals surface area contributed by atoms with Gasteiger partial charge in [-0.15, -0.1) is 0 Å². The molecule has 6 nitrogen and oxygen atoms in total. The molecule has 0 bridgehead atoms. The highest BCUT2D eigenvalue weighted by Gasteiger charge is 2.16. The van der Waals surface area contributed by atoms with Crippen LogP contribution < -0.4 is 5.56 Å². The van der Waals surface area contributed by atoms with E-state index in [-0.39, 0.29) is 11.4 Å². The van der Waals surface area contributed by atoms with E-state index in [1.807, 2.05) is 0 Å². The summed E-state index contributed by atoms with van der Waals surface area (Å²) in [7, 11) is 0. The minimum Gasteiger partial charge on any atom is -0.494 e. The number of benzene rings is 1. The third-order valence-corrected chi connectivity index (χ3v) is 4.24. The lowest BCUT2D eigenvalue weighted by molar-refractivity contribution is 0.435. The summed E-state index contributed by atoms with van der Waals surface area (Å²) in [5.41, 5.74) is 0.0381. The summed E-state index contributed by atoms with van der Waals surface area (Å²) in [4.78, 5) is 25.5. The standard InChI is InChI=1S/C20H13ClN4O2/c21-13-8-9-17(23-11-13)24-12-16-14-5-1-2-6-15(14)19(26)25(20(16)27)18-7-3-4-10-22-18/h1-12,27H. The lowest BCUT2D eigenvalue weighted by atomic mass is 10.1. The van der Waals surface area contributed by atoms with Gasteiger partial charge < -0.3 is 5.11 Å². The van der Waals surface area contributed by atoms with Gasteiger partial charge in [0, 0.05) is 29.4 Å². The van der Waals surface area contributed by atoms with Crippen molar-refractivity contribution in [3.63, 3.8) is 0 Å². The van der Waals surface area contributed by atoms with Gasteiger partial charge >= 0.3 is 0 Å². The van der Waals surface area contributed by atoms with Gasteiger partial charge in [0.05, 0.1) is 10.6 Å². The van der Waals surface area contributed by atoms with Crippen LogP contribution >= 0.6 is 11.6 Å². The summed E-state index contributed by atoms with van der Waals surface area (Å²) in [6.45, 7) is 0. The van der Waals surface area contributed by atoms with Crippen molar-refractivity contribution in [2.24, 2.45) is 4.99 Å². The summed E-state index contributed by atoms with van der Waals surface area (Å²) < 4.78 is 1.17. The van der Waals surface area contributed by atoms with E-state index in [1.54, 1.807) is 60.8 Å². The molecule has 4 rings (SSSR count). The van der Waals surface area contributed by atoms with Crippen LogP contribution in [0, 0.1) is 0 Å². The van der Waals surface area contributed by atoms with Crippen molar-refractivity contribution in [3.8, 4) is 11.7 Å². The fourth-order valence-corrected chi connectivity index (χ4v) is 2.87. The molecule has 1 aromatic carbocycles. The Balaban J connectivity index is 1.96. The van der Waals surface area contributed by atoms with Crippen LogP contribution in [-0.2, 0) is 0 Å². The number of fused-ring (bicyclic) bond motifs is 1. The molecule has 0 saturated carbocycles. The average molecular weight is 377 g/mol. The number of halogens is 1. The molecule has 0 amide bonds. The van der Waals surface area contributed by atoms with E-state index >= 15 is 0 Å². The van der Waals surface area contributed by atoms with Gasteiger partial charge in [-0.05, 0) is 30.3 Å². The predicted molar refractivity (Wildman–Crippen MR) is 106 cm³/mol. The van der Waals surface area contributed by atoms with Gasteiger partial charge in [0.15, 0.2) is 5.82 Å². The van der Waals surface area contributed by atoms with Crippen molar-refractivity contribution in [2.75, 3.05) is 0 Å². The molecule has 0 aliphatic carbocycles. The molecule has 1 N–H and O–H groups in total.